The highest BCUT2D eigenvalue weighted by atomic mass is 32.2. The van der Waals surface area contributed by atoms with Gasteiger partial charge in [-0.1, -0.05) is 43.3 Å². The van der Waals surface area contributed by atoms with Crippen molar-refractivity contribution in [2.45, 2.75) is 46.0 Å². The molecule has 0 atom stereocenters. The van der Waals surface area contributed by atoms with Gasteiger partial charge in [0.25, 0.3) is 0 Å². The number of hydrogen-bond acceptors (Lipinski definition) is 4. The van der Waals surface area contributed by atoms with Crippen molar-refractivity contribution in [3.05, 3.63) is 64.7 Å². The lowest BCUT2D eigenvalue weighted by atomic mass is 10.1. The Morgan fingerprint density at radius 3 is 2.39 bits per heavy atom. The van der Waals surface area contributed by atoms with Crippen molar-refractivity contribution in [1.29, 1.82) is 0 Å². The van der Waals surface area contributed by atoms with E-state index in [0.717, 1.165) is 35.4 Å². The van der Waals surface area contributed by atoms with E-state index in [1.54, 1.807) is 0 Å². The molecule has 2 aromatic carbocycles. The van der Waals surface area contributed by atoms with Crippen molar-refractivity contribution in [1.82, 2.24) is 15.4 Å². The van der Waals surface area contributed by atoms with E-state index in [4.69, 9.17) is 4.74 Å². The molecule has 0 spiro atoms. The summed E-state index contributed by atoms with van der Waals surface area (Å²) < 4.78 is 31.6. The first kappa shape index (κ1) is 24.7. The lowest BCUT2D eigenvalue weighted by molar-refractivity contribution is 0.313. The third-order valence-electron chi connectivity index (χ3n) is 4.59. The Kier molecular flexibility index (Phi) is 9.81. The number of rotatable bonds is 11. The van der Waals surface area contributed by atoms with E-state index in [2.05, 4.69) is 52.4 Å². The zero-order valence-electron chi connectivity index (χ0n) is 18.9. The summed E-state index contributed by atoms with van der Waals surface area (Å²) >= 11 is 0. The molecule has 0 unspecified atom stereocenters. The van der Waals surface area contributed by atoms with E-state index in [-0.39, 0.29) is 5.75 Å². The first-order chi connectivity index (χ1) is 14.9. The van der Waals surface area contributed by atoms with Gasteiger partial charge in [0.2, 0.25) is 10.0 Å². The Labute approximate surface area is 186 Å². The van der Waals surface area contributed by atoms with Crippen LogP contribution < -0.4 is 20.1 Å². The number of hydrogen-bond donors (Lipinski definition) is 3. The number of aliphatic imine (C=N–C) groups is 1. The molecule has 0 aliphatic carbocycles. The second-order valence-electron chi connectivity index (χ2n) is 7.29. The Morgan fingerprint density at radius 1 is 1.03 bits per heavy atom. The topological polar surface area (TPSA) is 91.8 Å². The van der Waals surface area contributed by atoms with Crippen molar-refractivity contribution < 1.29 is 13.2 Å². The highest BCUT2D eigenvalue weighted by Crippen LogP contribution is 2.20. The number of sulfonamides is 1. The summed E-state index contributed by atoms with van der Waals surface area (Å²) in [6.45, 7) is 8.70. The normalized spacial score (nSPS) is 11.9. The zero-order valence-corrected chi connectivity index (χ0v) is 19.7. The van der Waals surface area contributed by atoms with Crippen LogP contribution >= 0.6 is 0 Å². The second-order valence-corrected chi connectivity index (χ2v) is 9.21. The molecule has 3 N–H and O–H groups in total. The number of nitrogens with one attached hydrogen (secondary N) is 3. The fraction of sp³-hybridized carbons (Fsp3) is 0.435. The predicted octanol–water partition coefficient (Wildman–Crippen LogP) is 3.09. The van der Waals surface area contributed by atoms with E-state index in [9.17, 15) is 8.42 Å². The van der Waals surface area contributed by atoms with E-state index in [1.165, 1.54) is 12.6 Å². The fourth-order valence-corrected chi connectivity index (χ4v) is 3.65. The summed E-state index contributed by atoms with van der Waals surface area (Å²) in [6.07, 6.45) is 0.963. The molecule has 7 nitrogen and oxygen atoms in total. The van der Waals surface area contributed by atoms with Gasteiger partial charge in [-0.25, -0.2) is 18.1 Å². The molecule has 8 heteroatoms. The summed E-state index contributed by atoms with van der Waals surface area (Å²) in [4.78, 5) is 4.65. The number of guanidine groups is 1. The smallest absolute Gasteiger partial charge is 0.215 e. The van der Waals surface area contributed by atoms with Gasteiger partial charge >= 0.3 is 0 Å². The van der Waals surface area contributed by atoms with Crippen LogP contribution in [0.4, 0.5) is 0 Å². The van der Waals surface area contributed by atoms with Crippen LogP contribution in [-0.4, -0.2) is 34.6 Å². The lowest BCUT2D eigenvalue weighted by Crippen LogP contribution is -2.36. The van der Waals surface area contributed by atoms with Gasteiger partial charge < -0.3 is 15.4 Å². The molecule has 0 aliphatic rings. The van der Waals surface area contributed by atoms with Gasteiger partial charge in [-0.15, -0.1) is 0 Å². The minimum absolute atomic E-state index is 0.0315. The van der Waals surface area contributed by atoms with Gasteiger partial charge in [0, 0.05) is 18.7 Å². The summed E-state index contributed by atoms with van der Waals surface area (Å²) in [5.41, 5.74) is 4.00. The molecule has 0 amide bonds. The molecule has 0 saturated carbocycles. The maximum Gasteiger partial charge on any atom is 0.215 e. The molecule has 0 fully saturated rings. The third-order valence-corrected chi connectivity index (χ3v) is 5.92. The SMILES string of the molecule is CCCOc1cc(C)ccc1CNC(=NCc1ccc(CS(=O)(=O)NC)cc1)NCC. The molecule has 31 heavy (non-hydrogen) atoms. The third kappa shape index (κ3) is 8.59. The molecule has 0 heterocycles. The van der Waals surface area contributed by atoms with Crippen LogP contribution in [0, 0.1) is 6.92 Å². The number of ether oxygens (including phenoxy) is 1. The van der Waals surface area contributed by atoms with Crippen LogP contribution in [0.3, 0.4) is 0 Å². The van der Waals surface area contributed by atoms with E-state index in [0.29, 0.717) is 25.7 Å². The van der Waals surface area contributed by atoms with E-state index in [1.807, 2.05) is 31.2 Å². The van der Waals surface area contributed by atoms with Gasteiger partial charge in [-0.3, -0.25) is 0 Å². The maximum absolute atomic E-state index is 11.7. The minimum atomic E-state index is -3.27. The van der Waals surface area contributed by atoms with Crippen LogP contribution in [0.15, 0.2) is 47.5 Å². The molecular weight excluding hydrogens is 412 g/mol. The first-order valence-corrected chi connectivity index (χ1v) is 12.3. The van der Waals surface area contributed by atoms with Crippen LogP contribution in [0.25, 0.3) is 0 Å². The van der Waals surface area contributed by atoms with Crippen LogP contribution in [-0.2, 0) is 28.9 Å². The van der Waals surface area contributed by atoms with Crippen molar-refractivity contribution >= 4 is 16.0 Å². The van der Waals surface area contributed by atoms with Gasteiger partial charge in [0.15, 0.2) is 5.96 Å². The van der Waals surface area contributed by atoms with Crippen molar-refractivity contribution in [2.24, 2.45) is 4.99 Å². The quantitative estimate of drug-likeness (QED) is 0.364. The summed E-state index contributed by atoms with van der Waals surface area (Å²) in [5.74, 6) is 1.58. The van der Waals surface area contributed by atoms with Crippen LogP contribution in [0.1, 0.15) is 42.5 Å². The van der Waals surface area contributed by atoms with Crippen molar-refractivity contribution in [3.63, 3.8) is 0 Å². The van der Waals surface area contributed by atoms with Crippen LogP contribution in [0.5, 0.6) is 5.75 Å². The van der Waals surface area contributed by atoms with E-state index < -0.39 is 10.0 Å². The van der Waals surface area contributed by atoms with Gasteiger partial charge in [-0.05, 0) is 50.1 Å². The second kappa shape index (κ2) is 12.3. The average molecular weight is 447 g/mol. The maximum atomic E-state index is 11.7. The highest BCUT2D eigenvalue weighted by molar-refractivity contribution is 7.88. The minimum Gasteiger partial charge on any atom is -0.493 e. The first-order valence-electron chi connectivity index (χ1n) is 10.6. The molecule has 0 saturated heterocycles. The van der Waals surface area contributed by atoms with Gasteiger partial charge in [-0.2, -0.15) is 0 Å². The van der Waals surface area contributed by atoms with Gasteiger partial charge in [0.1, 0.15) is 5.75 Å². The predicted molar refractivity (Wildman–Crippen MR) is 127 cm³/mol. The molecule has 170 valence electrons. The number of aryl methyl sites for hydroxylation is 1. The Bertz CT molecular complexity index is 957. The largest absolute Gasteiger partial charge is 0.493 e. The lowest BCUT2D eigenvalue weighted by Gasteiger charge is -2.15. The zero-order chi connectivity index (χ0) is 22.7. The standard InChI is InChI=1S/C23H34N4O3S/c1-5-13-30-22-14-18(3)7-12-21(22)16-27-23(25-6-2)26-15-19-8-10-20(11-9-19)17-31(28,29)24-4/h7-12,14,24H,5-6,13,15-17H2,1-4H3,(H2,25,26,27). The summed E-state index contributed by atoms with van der Waals surface area (Å²) in [5, 5.41) is 6.62. The average Bonchev–Trinajstić information content (AvgIpc) is 2.76. The highest BCUT2D eigenvalue weighted by Gasteiger charge is 2.09. The monoisotopic (exact) mass is 446 g/mol. The summed E-state index contributed by atoms with van der Waals surface area (Å²) in [7, 11) is -1.85. The molecule has 2 rings (SSSR count). The molecule has 0 aromatic heterocycles. The number of nitrogens with zero attached hydrogens (tertiary/aromatic N) is 1. The number of benzene rings is 2. The van der Waals surface area contributed by atoms with Crippen molar-refractivity contribution in [3.8, 4) is 5.75 Å². The van der Waals surface area contributed by atoms with Crippen LogP contribution in [0.2, 0.25) is 0 Å². The Morgan fingerprint density at radius 2 is 1.74 bits per heavy atom. The molecular formula is C23H34N4O3S. The van der Waals surface area contributed by atoms with Gasteiger partial charge in [0.05, 0.1) is 18.9 Å². The Hall–Kier alpha value is -2.58. The van der Waals surface area contributed by atoms with Crippen molar-refractivity contribution in [2.75, 3.05) is 20.2 Å². The molecule has 0 bridgehead atoms. The molecule has 0 aliphatic heterocycles. The Balaban J connectivity index is 2.02. The fourth-order valence-electron chi connectivity index (χ4n) is 2.88. The van der Waals surface area contributed by atoms with E-state index >= 15 is 0 Å². The summed E-state index contributed by atoms with van der Waals surface area (Å²) in [6, 6.07) is 13.7. The molecule has 0 radical (unpaired) electrons. The molecule has 2 aromatic rings.